The SMILES string of the molecule is C[C@@H]1C[C@H](C)CN(C(=O)CCC(=O)NCc2ccc3c(c2)OCO3)C1. The van der Waals surface area contributed by atoms with Crippen LogP contribution >= 0.6 is 0 Å². The third-order valence-corrected chi connectivity index (χ3v) is 4.71. The number of rotatable bonds is 5. The number of carbonyl (C=O) groups is 2. The van der Waals surface area contributed by atoms with E-state index in [9.17, 15) is 9.59 Å². The highest BCUT2D eigenvalue weighted by Crippen LogP contribution is 2.32. The monoisotopic (exact) mass is 346 g/mol. The van der Waals surface area contributed by atoms with Gasteiger partial charge >= 0.3 is 0 Å². The van der Waals surface area contributed by atoms with Crippen molar-refractivity contribution in [2.45, 2.75) is 39.7 Å². The molecular weight excluding hydrogens is 320 g/mol. The molecule has 136 valence electrons. The second-order valence-corrected chi connectivity index (χ2v) is 7.21. The number of amides is 2. The molecule has 1 aromatic carbocycles. The van der Waals surface area contributed by atoms with Gasteiger partial charge in [0.25, 0.3) is 0 Å². The summed E-state index contributed by atoms with van der Waals surface area (Å²) in [5.41, 5.74) is 0.947. The molecule has 0 unspecified atom stereocenters. The molecule has 6 nitrogen and oxygen atoms in total. The molecule has 0 saturated carbocycles. The van der Waals surface area contributed by atoms with Gasteiger partial charge in [-0.05, 0) is 36.0 Å². The Morgan fingerprint density at radius 2 is 1.84 bits per heavy atom. The molecule has 0 bridgehead atoms. The van der Waals surface area contributed by atoms with Crippen LogP contribution in [0.25, 0.3) is 0 Å². The Morgan fingerprint density at radius 1 is 1.12 bits per heavy atom. The molecular formula is C19H26N2O4. The lowest BCUT2D eigenvalue weighted by Gasteiger charge is -2.35. The number of fused-ring (bicyclic) bond motifs is 1. The largest absolute Gasteiger partial charge is 0.454 e. The Labute approximate surface area is 148 Å². The van der Waals surface area contributed by atoms with Crippen LogP contribution < -0.4 is 14.8 Å². The fraction of sp³-hybridized carbons (Fsp3) is 0.579. The van der Waals surface area contributed by atoms with Crippen LogP contribution in [-0.2, 0) is 16.1 Å². The summed E-state index contributed by atoms with van der Waals surface area (Å²) in [5.74, 6) is 2.47. The predicted octanol–water partition coefficient (Wildman–Crippen LogP) is 2.32. The van der Waals surface area contributed by atoms with Crippen LogP contribution in [0.5, 0.6) is 11.5 Å². The van der Waals surface area contributed by atoms with E-state index in [1.54, 1.807) is 0 Å². The van der Waals surface area contributed by atoms with Crippen molar-refractivity contribution in [2.24, 2.45) is 11.8 Å². The molecule has 1 fully saturated rings. The zero-order valence-corrected chi connectivity index (χ0v) is 14.9. The molecule has 2 atom stereocenters. The molecule has 0 spiro atoms. The van der Waals surface area contributed by atoms with Gasteiger partial charge in [-0.2, -0.15) is 0 Å². The van der Waals surface area contributed by atoms with E-state index in [4.69, 9.17) is 9.47 Å². The Bertz CT molecular complexity index is 636. The highest BCUT2D eigenvalue weighted by Gasteiger charge is 2.25. The average molecular weight is 346 g/mol. The van der Waals surface area contributed by atoms with Crippen molar-refractivity contribution in [1.29, 1.82) is 0 Å². The zero-order chi connectivity index (χ0) is 17.8. The third-order valence-electron chi connectivity index (χ3n) is 4.71. The molecule has 2 amide bonds. The number of nitrogens with zero attached hydrogens (tertiary/aromatic N) is 1. The van der Waals surface area contributed by atoms with E-state index in [0.29, 0.717) is 24.1 Å². The summed E-state index contributed by atoms with van der Waals surface area (Å²) in [6.07, 6.45) is 1.66. The van der Waals surface area contributed by atoms with Gasteiger partial charge in [0.2, 0.25) is 18.6 Å². The molecule has 1 N–H and O–H groups in total. The Hall–Kier alpha value is -2.24. The van der Waals surface area contributed by atoms with E-state index in [-0.39, 0.29) is 31.4 Å². The van der Waals surface area contributed by atoms with Gasteiger partial charge in [0.1, 0.15) is 0 Å². The predicted molar refractivity (Wildman–Crippen MR) is 93.2 cm³/mol. The molecule has 0 aliphatic carbocycles. The third kappa shape index (κ3) is 4.65. The van der Waals surface area contributed by atoms with Crippen molar-refractivity contribution in [2.75, 3.05) is 19.9 Å². The molecule has 2 aliphatic heterocycles. The number of piperidine rings is 1. The second-order valence-electron chi connectivity index (χ2n) is 7.21. The van der Waals surface area contributed by atoms with Gasteiger partial charge in [-0.3, -0.25) is 9.59 Å². The highest BCUT2D eigenvalue weighted by molar-refractivity contribution is 5.83. The van der Waals surface area contributed by atoms with Crippen LogP contribution in [0, 0.1) is 11.8 Å². The molecule has 0 aromatic heterocycles. The van der Waals surface area contributed by atoms with Crippen LogP contribution in [0.1, 0.15) is 38.7 Å². The maximum Gasteiger partial charge on any atom is 0.231 e. The minimum atomic E-state index is -0.107. The van der Waals surface area contributed by atoms with Crippen LogP contribution in [0.2, 0.25) is 0 Å². The van der Waals surface area contributed by atoms with Gasteiger partial charge in [-0.1, -0.05) is 19.9 Å². The number of hydrogen-bond donors (Lipinski definition) is 1. The van der Waals surface area contributed by atoms with Gasteiger partial charge in [0.05, 0.1) is 0 Å². The second kappa shape index (κ2) is 7.76. The van der Waals surface area contributed by atoms with Crippen molar-refractivity contribution < 1.29 is 19.1 Å². The summed E-state index contributed by atoms with van der Waals surface area (Å²) >= 11 is 0. The van der Waals surface area contributed by atoms with Crippen molar-refractivity contribution in [1.82, 2.24) is 10.2 Å². The quantitative estimate of drug-likeness (QED) is 0.888. The maximum absolute atomic E-state index is 12.3. The van der Waals surface area contributed by atoms with Crippen molar-refractivity contribution >= 4 is 11.8 Å². The van der Waals surface area contributed by atoms with Crippen LogP contribution in [0.4, 0.5) is 0 Å². The Kier molecular flexibility index (Phi) is 5.46. The summed E-state index contributed by atoms with van der Waals surface area (Å²) in [5, 5.41) is 2.86. The average Bonchev–Trinajstić information content (AvgIpc) is 3.04. The number of carbonyl (C=O) groups excluding carboxylic acids is 2. The van der Waals surface area contributed by atoms with E-state index in [0.717, 1.165) is 24.4 Å². The number of ether oxygens (including phenoxy) is 2. The number of likely N-dealkylation sites (tertiary alicyclic amines) is 1. The van der Waals surface area contributed by atoms with E-state index < -0.39 is 0 Å². The van der Waals surface area contributed by atoms with Gasteiger partial charge in [-0.15, -0.1) is 0 Å². The maximum atomic E-state index is 12.3. The van der Waals surface area contributed by atoms with Gasteiger partial charge < -0.3 is 19.7 Å². The van der Waals surface area contributed by atoms with E-state index in [2.05, 4.69) is 19.2 Å². The van der Waals surface area contributed by atoms with E-state index in [1.807, 2.05) is 23.1 Å². The molecule has 1 saturated heterocycles. The molecule has 25 heavy (non-hydrogen) atoms. The van der Waals surface area contributed by atoms with Gasteiger partial charge in [0, 0.05) is 32.5 Å². The number of hydrogen-bond acceptors (Lipinski definition) is 4. The summed E-state index contributed by atoms with van der Waals surface area (Å²) in [6, 6.07) is 5.60. The minimum Gasteiger partial charge on any atom is -0.454 e. The lowest BCUT2D eigenvalue weighted by molar-refractivity contribution is -0.135. The van der Waals surface area contributed by atoms with Gasteiger partial charge in [-0.25, -0.2) is 0 Å². The first-order chi connectivity index (χ1) is 12.0. The zero-order valence-electron chi connectivity index (χ0n) is 14.9. The molecule has 1 aromatic rings. The summed E-state index contributed by atoms with van der Waals surface area (Å²) < 4.78 is 10.6. The Balaban J connectivity index is 1.41. The molecule has 2 aliphatic rings. The van der Waals surface area contributed by atoms with Crippen LogP contribution in [0.15, 0.2) is 18.2 Å². The van der Waals surface area contributed by atoms with Crippen molar-refractivity contribution in [3.63, 3.8) is 0 Å². The first kappa shape index (κ1) is 17.6. The standard InChI is InChI=1S/C19H26N2O4/c1-13-7-14(2)11-21(10-13)19(23)6-5-18(22)20-9-15-3-4-16-17(8-15)25-12-24-16/h3-4,8,13-14H,5-7,9-12H2,1-2H3,(H,20,22)/t13-,14+. The molecule has 0 radical (unpaired) electrons. The first-order valence-electron chi connectivity index (χ1n) is 8.94. The highest BCUT2D eigenvalue weighted by atomic mass is 16.7. The van der Waals surface area contributed by atoms with E-state index in [1.165, 1.54) is 6.42 Å². The fourth-order valence-electron chi connectivity index (χ4n) is 3.59. The first-order valence-corrected chi connectivity index (χ1v) is 8.94. The van der Waals surface area contributed by atoms with Crippen LogP contribution in [0.3, 0.4) is 0 Å². The van der Waals surface area contributed by atoms with Gasteiger partial charge in [0.15, 0.2) is 11.5 Å². The molecule has 6 heteroatoms. The van der Waals surface area contributed by atoms with Crippen molar-refractivity contribution in [3.05, 3.63) is 23.8 Å². The van der Waals surface area contributed by atoms with Crippen molar-refractivity contribution in [3.8, 4) is 11.5 Å². The lowest BCUT2D eigenvalue weighted by Crippen LogP contribution is -2.42. The van der Waals surface area contributed by atoms with Crippen LogP contribution in [-0.4, -0.2) is 36.6 Å². The summed E-state index contributed by atoms with van der Waals surface area (Å²) in [7, 11) is 0. The normalized spacial score (nSPS) is 21.9. The number of benzene rings is 1. The molecule has 2 heterocycles. The molecule has 3 rings (SSSR count). The summed E-state index contributed by atoms with van der Waals surface area (Å²) in [6.45, 7) is 6.62. The number of nitrogens with one attached hydrogen (secondary N) is 1. The fourth-order valence-corrected chi connectivity index (χ4v) is 3.59. The van der Waals surface area contributed by atoms with E-state index >= 15 is 0 Å². The smallest absolute Gasteiger partial charge is 0.231 e. The lowest BCUT2D eigenvalue weighted by atomic mass is 9.91. The topological polar surface area (TPSA) is 67.9 Å². The minimum absolute atomic E-state index is 0.0802. The summed E-state index contributed by atoms with van der Waals surface area (Å²) in [4.78, 5) is 26.2. The Morgan fingerprint density at radius 3 is 2.60 bits per heavy atom.